The first-order valence-electron chi connectivity index (χ1n) is 11.1. The quantitative estimate of drug-likeness (QED) is 0.498. The van der Waals surface area contributed by atoms with Gasteiger partial charge in [0.05, 0.1) is 30.1 Å². The van der Waals surface area contributed by atoms with Gasteiger partial charge in [-0.25, -0.2) is 8.42 Å². The normalized spacial score (nSPS) is 16.6. The highest BCUT2D eigenvalue weighted by molar-refractivity contribution is 7.92. The summed E-state index contributed by atoms with van der Waals surface area (Å²) in [4.78, 5) is 27.4. The van der Waals surface area contributed by atoms with Gasteiger partial charge in [0.1, 0.15) is 6.54 Å². The van der Waals surface area contributed by atoms with Gasteiger partial charge in [-0.2, -0.15) is 0 Å². The van der Waals surface area contributed by atoms with E-state index in [9.17, 15) is 18.0 Å². The molecular weight excluding hydrogens is 504 g/mol. The number of rotatable bonds is 7. The maximum Gasteiger partial charge on any atom is 0.240 e. The van der Waals surface area contributed by atoms with Crippen LogP contribution in [0.1, 0.15) is 22.8 Å². The smallest absolute Gasteiger partial charge is 0.240 e. The SMILES string of the molecule is COc1ccc(C2CC(=O)N(CC(=O)NCc3ccccc3Cl)c3ccccc3S2(=O)=O)cc1OC. The molecule has 0 fully saturated rings. The summed E-state index contributed by atoms with van der Waals surface area (Å²) in [7, 11) is -1.06. The second kappa shape index (κ2) is 10.6. The van der Waals surface area contributed by atoms with Gasteiger partial charge in [-0.15, -0.1) is 0 Å². The molecule has 0 spiro atoms. The highest BCUT2D eigenvalue weighted by atomic mass is 35.5. The lowest BCUT2D eigenvalue weighted by Crippen LogP contribution is -2.40. The van der Waals surface area contributed by atoms with Crippen LogP contribution in [0.5, 0.6) is 11.5 Å². The Labute approximate surface area is 214 Å². The summed E-state index contributed by atoms with van der Waals surface area (Å²) in [5.74, 6) is -0.141. The molecule has 1 atom stereocenters. The van der Waals surface area contributed by atoms with Crippen LogP contribution in [0.2, 0.25) is 5.02 Å². The summed E-state index contributed by atoms with van der Waals surface area (Å²) in [6.45, 7) is -0.163. The van der Waals surface area contributed by atoms with Crippen LogP contribution in [0.15, 0.2) is 71.6 Å². The minimum Gasteiger partial charge on any atom is -0.493 e. The zero-order chi connectivity index (χ0) is 25.9. The van der Waals surface area contributed by atoms with E-state index in [1.165, 1.54) is 31.3 Å². The van der Waals surface area contributed by atoms with Crippen molar-refractivity contribution in [1.82, 2.24) is 5.32 Å². The van der Waals surface area contributed by atoms with Crippen LogP contribution in [-0.4, -0.2) is 41.0 Å². The summed E-state index contributed by atoms with van der Waals surface area (Å²) in [5, 5.41) is 2.10. The number of nitrogens with one attached hydrogen (secondary N) is 1. The number of amides is 2. The number of carbonyl (C=O) groups excluding carboxylic acids is 2. The summed E-state index contributed by atoms with van der Waals surface area (Å²) in [6, 6.07) is 18.1. The molecular formula is C26H25ClN2O6S. The lowest BCUT2D eigenvalue weighted by molar-refractivity contribution is -0.124. The molecule has 188 valence electrons. The maximum absolute atomic E-state index is 13.7. The summed E-state index contributed by atoms with van der Waals surface area (Å²) in [5.41, 5.74) is 1.28. The first-order valence-corrected chi connectivity index (χ1v) is 13.0. The van der Waals surface area contributed by atoms with Crippen molar-refractivity contribution in [2.75, 3.05) is 25.7 Å². The van der Waals surface area contributed by atoms with Gasteiger partial charge >= 0.3 is 0 Å². The van der Waals surface area contributed by atoms with Crippen molar-refractivity contribution in [1.29, 1.82) is 0 Å². The molecule has 0 radical (unpaired) electrons. The van der Waals surface area contributed by atoms with E-state index in [-0.39, 0.29) is 30.1 Å². The largest absolute Gasteiger partial charge is 0.493 e. The van der Waals surface area contributed by atoms with Gasteiger partial charge in [0.2, 0.25) is 11.8 Å². The number of hydrogen-bond acceptors (Lipinski definition) is 6. The van der Waals surface area contributed by atoms with E-state index >= 15 is 0 Å². The van der Waals surface area contributed by atoms with E-state index in [0.717, 1.165) is 5.56 Å². The van der Waals surface area contributed by atoms with Crippen LogP contribution in [0.25, 0.3) is 0 Å². The number of nitrogens with zero attached hydrogens (tertiary/aromatic N) is 1. The Morgan fingerprint density at radius 2 is 1.72 bits per heavy atom. The molecule has 2 amide bonds. The fraction of sp³-hybridized carbons (Fsp3) is 0.231. The molecule has 8 nitrogen and oxygen atoms in total. The molecule has 3 aromatic carbocycles. The van der Waals surface area contributed by atoms with E-state index in [1.807, 2.05) is 0 Å². The number of methoxy groups -OCH3 is 2. The molecule has 1 N–H and O–H groups in total. The fourth-order valence-electron chi connectivity index (χ4n) is 4.15. The van der Waals surface area contributed by atoms with Gasteiger partial charge in [0.25, 0.3) is 0 Å². The van der Waals surface area contributed by atoms with E-state index in [4.69, 9.17) is 21.1 Å². The minimum absolute atomic E-state index is 0.0189. The summed E-state index contributed by atoms with van der Waals surface area (Å²) in [6.07, 6.45) is -0.343. The van der Waals surface area contributed by atoms with Crippen molar-refractivity contribution in [3.63, 3.8) is 0 Å². The van der Waals surface area contributed by atoms with E-state index in [2.05, 4.69) is 5.32 Å². The van der Waals surface area contributed by atoms with Crippen LogP contribution in [0.3, 0.4) is 0 Å². The third-order valence-corrected chi connectivity index (χ3v) is 8.53. The number of ether oxygens (including phenoxy) is 2. The molecule has 1 aliphatic rings. The Morgan fingerprint density at radius 3 is 2.44 bits per heavy atom. The molecule has 4 rings (SSSR count). The third kappa shape index (κ3) is 5.03. The van der Waals surface area contributed by atoms with Crippen molar-refractivity contribution in [3.05, 3.63) is 82.9 Å². The predicted molar refractivity (Wildman–Crippen MR) is 136 cm³/mol. The number of benzene rings is 3. The number of hydrogen-bond donors (Lipinski definition) is 1. The van der Waals surface area contributed by atoms with Gasteiger partial charge in [-0.1, -0.05) is 48.0 Å². The molecule has 10 heteroatoms. The minimum atomic E-state index is -3.99. The lowest BCUT2D eigenvalue weighted by Gasteiger charge is -2.22. The van der Waals surface area contributed by atoms with Crippen LogP contribution in [0, 0.1) is 0 Å². The Kier molecular flexibility index (Phi) is 7.51. The van der Waals surface area contributed by atoms with Crippen molar-refractivity contribution >= 4 is 38.9 Å². The number of sulfone groups is 1. The first kappa shape index (κ1) is 25.5. The van der Waals surface area contributed by atoms with Gasteiger partial charge in [0.15, 0.2) is 21.3 Å². The Bertz CT molecular complexity index is 1410. The molecule has 1 unspecified atom stereocenters. The highest BCUT2D eigenvalue weighted by Crippen LogP contribution is 2.42. The average Bonchev–Trinajstić information content (AvgIpc) is 2.96. The highest BCUT2D eigenvalue weighted by Gasteiger charge is 2.40. The molecule has 36 heavy (non-hydrogen) atoms. The molecule has 3 aromatic rings. The van der Waals surface area contributed by atoms with Crippen molar-refractivity contribution in [3.8, 4) is 11.5 Å². The first-order chi connectivity index (χ1) is 17.3. The molecule has 0 aliphatic carbocycles. The topological polar surface area (TPSA) is 102 Å². The second-order valence-corrected chi connectivity index (χ2v) is 10.7. The third-order valence-electron chi connectivity index (χ3n) is 6.01. The van der Waals surface area contributed by atoms with Crippen LogP contribution in [-0.2, 0) is 26.0 Å². The van der Waals surface area contributed by atoms with Crippen molar-refractivity contribution < 1.29 is 27.5 Å². The fourth-order valence-corrected chi connectivity index (χ4v) is 6.26. The standard InChI is InChI=1S/C26H25ClN2O6S/c1-34-21-12-11-17(13-22(21)35-2)24-14-26(31)29(20-9-5-6-10-23(20)36(24,32)33)16-25(30)28-15-18-7-3-4-8-19(18)27/h3-13,24H,14-16H2,1-2H3,(H,28,30). The lowest BCUT2D eigenvalue weighted by atomic mass is 10.1. The number of fused-ring (bicyclic) bond motifs is 1. The number of anilines is 1. The Morgan fingerprint density at radius 1 is 1.03 bits per heavy atom. The predicted octanol–water partition coefficient (Wildman–Crippen LogP) is 3.93. The van der Waals surface area contributed by atoms with E-state index < -0.39 is 26.9 Å². The van der Waals surface area contributed by atoms with Gasteiger partial charge in [-0.3, -0.25) is 9.59 Å². The molecule has 0 aromatic heterocycles. The zero-order valence-electron chi connectivity index (χ0n) is 19.7. The van der Waals surface area contributed by atoms with Crippen LogP contribution in [0.4, 0.5) is 5.69 Å². The maximum atomic E-state index is 13.7. The van der Waals surface area contributed by atoms with Crippen molar-refractivity contribution in [2.45, 2.75) is 23.1 Å². The van der Waals surface area contributed by atoms with E-state index in [1.54, 1.807) is 54.6 Å². The second-order valence-electron chi connectivity index (χ2n) is 8.17. The Balaban J connectivity index is 1.65. The number of halogens is 1. The summed E-state index contributed by atoms with van der Waals surface area (Å²) >= 11 is 6.16. The number of para-hydroxylation sites is 1. The molecule has 0 saturated heterocycles. The monoisotopic (exact) mass is 528 g/mol. The molecule has 1 heterocycles. The molecule has 0 saturated carbocycles. The van der Waals surface area contributed by atoms with Crippen LogP contribution >= 0.6 is 11.6 Å². The molecule has 0 bridgehead atoms. The van der Waals surface area contributed by atoms with E-state index in [0.29, 0.717) is 22.1 Å². The van der Waals surface area contributed by atoms with Gasteiger partial charge < -0.3 is 19.7 Å². The van der Waals surface area contributed by atoms with Gasteiger partial charge in [0, 0.05) is 18.0 Å². The average molecular weight is 529 g/mol. The van der Waals surface area contributed by atoms with Crippen molar-refractivity contribution in [2.24, 2.45) is 0 Å². The molecule has 1 aliphatic heterocycles. The van der Waals surface area contributed by atoms with Crippen LogP contribution < -0.4 is 19.7 Å². The summed E-state index contributed by atoms with van der Waals surface area (Å²) < 4.78 is 38.1. The Hall–Kier alpha value is -3.56. The van der Waals surface area contributed by atoms with Gasteiger partial charge in [-0.05, 0) is 41.5 Å². The zero-order valence-corrected chi connectivity index (χ0v) is 21.3. The number of carbonyl (C=O) groups is 2.